The number of nitrogen functional groups attached to an aromatic ring is 1. The molecule has 0 radical (unpaired) electrons. The molecule has 1 fully saturated rings. The average Bonchev–Trinajstić information content (AvgIpc) is 2.72. The zero-order valence-corrected chi connectivity index (χ0v) is 9.33. The van der Waals surface area contributed by atoms with E-state index in [1.165, 1.54) is 6.42 Å². The number of rotatable bonds is 3. The van der Waals surface area contributed by atoms with Crippen molar-refractivity contribution in [2.24, 2.45) is 11.3 Å². The minimum atomic E-state index is 0.384. The van der Waals surface area contributed by atoms with Crippen LogP contribution in [0.5, 0.6) is 0 Å². The van der Waals surface area contributed by atoms with E-state index in [1.807, 2.05) is 13.0 Å². The molecule has 1 aliphatic rings. The van der Waals surface area contributed by atoms with Crippen LogP contribution < -0.4 is 16.6 Å². The number of aromatic nitrogens is 2. The second-order valence-corrected chi connectivity index (χ2v) is 4.75. The summed E-state index contributed by atoms with van der Waals surface area (Å²) in [5, 5.41) is 3.38. The third-order valence-electron chi connectivity index (χ3n) is 2.82. The molecule has 0 aliphatic heterocycles. The van der Waals surface area contributed by atoms with E-state index in [2.05, 4.69) is 34.6 Å². The molecule has 0 spiro atoms. The largest absolute Gasteiger partial charge is 0.367 e. The maximum absolute atomic E-state index is 5.28. The Kier molecular flexibility index (Phi) is 2.26. The Hall–Kier alpha value is -1.36. The molecule has 1 aromatic rings. The summed E-state index contributed by atoms with van der Waals surface area (Å²) in [7, 11) is 0. The van der Waals surface area contributed by atoms with Crippen LogP contribution in [0.15, 0.2) is 6.07 Å². The van der Waals surface area contributed by atoms with Crippen molar-refractivity contribution >= 4 is 11.8 Å². The maximum atomic E-state index is 5.28. The number of hydrogen-bond acceptors (Lipinski definition) is 5. The van der Waals surface area contributed by atoms with Gasteiger partial charge in [-0.15, -0.1) is 0 Å². The van der Waals surface area contributed by atoms with Gasteiger partial charge in [-0.05, 0) is 18.8 Å². The molecule has 1 aromatic heterocycles. The highest BCUT2D eigenvalue weighted by Crippen LogP contribution is 2.46. The lowest BCUT2D eigenvalue weighted by molar-refractivity contribution is 0.630. The predicted octanol–water partition coefficient (Wildman–Crippen LogP) is 1.28. The topological polar surface area (TPSA) is 75.9 Å². The Morgan fingerprint density at radius 2 is 2.13 bits per heavy atom. The van der Waals surface area contributed by atoms with Crippen LogP contribution in [0.4, 0.5) is 11.8 Å². The molecule has 15 heavy (non-hydrogen) atoms. The fraction of sp³-hybridized carbons (Fsp3) is 0.600. The summed E-state index contributed by atoms with van der Waals surface area (Å²) in [6.07, 6.45) is 1.18. The van der Waals surface area contributed by atoms with Gasteiger partial charge in [0.15, 0.2) is 0 Å². The summed E-state index contributed by atoms with van der Waals surface area (Å²) in [6.45, 7) is 6.40. The van der Waals surface area contributed by atoms with Gasteiger partial charge in [0.25, 0.3) is 0 Å². The third-order valence-corrected chi connectivity index (χ3v) is 2.82. The van der Waals surface area contributed by atoms with E-state index in [4.69, 9.17) is 5.84 Å². The molecule has 4 N–H and O–H groups in total. The molecule has 82 valence electrons. The van der Waals surface area contributed by atoms with Crippen molar-refractivity contribution in [1.29, 1.82) is 0 Å². The number of anilines is 2. The highest BCUT2D eigenvalue weighted by Gasteiger charge is 2.45. The zero-order valence-electron chi connectivity index (χ0n) is 9.33. The summed E-state index contributed by atoms with van der Waals surface area (Å²) >= 11 is 0. The van der Waals surface area contributed by atoms with Crippen LogP contribution in [0.2, 0.25) is 0 Å². The first-order valence-electron chi connectivity index (χ1n) is 5.10. The van der Waals surface area contributed by atoms with E-state index < -0.39 is 0 Å². The Balaban J connectivity index is 2.11. The Morgan fingerprint density at radius 3 is 2.67 bits per heavy atom. The third kappa shape index (κ3) is 2.18. The lowest BCUT2D eigenvalue weighted by Gasteiger charge is -2.09. The summed E-state index contributed by atoms with van der Waals surface area (Å²) < 4.78 is 0. The van der Waals surface area contributed by atoms with Crippen molar-refractivity contribution in [3.63, 3.8) is 0 Å². The first-order chi connectivity index (χ1) is 7.01. The molecule has 0 amide bonds. The lowest BCUT2D eigenvalue weighted by Crippen LogP contribution is -2.14. The smallest absolute Gasteiger partial charge is 0.239 e. The Bertz CT molecular complexity index is 374. The van der Waals surface area contributed by atoms with Gasteiger partial charge in [0.1, 0.15) is 5.82 Å². The highest BCUT2D eigenvalue weighted by molar-refractivity contribution is 5.44. The number of aryl methyl sites for hydroxylation is 1. The molecular formula is C10H17N5. The first-order valence-corrected chi connectivity index (χ1v) is 5.10. The van der Waals surface area contributed by atoms with E-state index in [9.17, 15) is 0 Å². The van der Waals surface area contributed by atoms with Gasteiger partial charge in [-0.3, -0.25) is 5.43 Å². The van der Waals surface area contributed by atoms with Crippen LogP contribution in [-0.2, 0) is 0 Å². The molecule has 1 atom stereocenters. The number of nitrogens with one attached hydrogen (secondary N) is 2. The Labute approximate surface area is 89.5 Å². The van der Waals surface area contributed by atoms with E-state index in [1.54, 1.807) is 0 Å². The molecule has 5 heteroatoms. The highest BCUT2D eigenvalue weighted by atomic mass is 15.3. The van der Waals surface area contributed by atoms with Crippen LogP contribution in [0, 0.1) is 12.3 Å². The molecule has 1 aliphatic carbocycles. The van der Waals surface area contributed by atoms with Crippen molar-refractivity contribution in [3.05, 3.63) is 11.8 Å². The molecule has 1 unspecified atom stereocenters. The fourth-order valence-corrected chi connectivity index (χ4v) is 1.60. The van der Waals surface area contributed by atoms with E-state index >= 15 is 0 Å². The molecule has 0 bridgehead atoms. The first kappa shape index (κ1) is 10.2. The quantitative estimate of drug-likeness (QED) is 0.514. The van der Waals surface area contributed by atoms with Gasteiger partial charge in [-0.1, -0.05) is 13.8 Å². The van der Waals surface area contributed by atoms with Gasteiger partial charge >= 0.3 is 0 Å². The van der Waals surface area contributed by atoms with E-state index in [0.717, 1.165) is 11.5 Å². The van der Waals surface area contributed by atoms with Gasteiger partial charge in [0, 0.05) is 17.8 Å². The summed E-state index contributed by atoms with van der Waals surface area (Å²) in [5.74, 6) is 6.58. The SMILES string of the molecule is Cc1cc(NC2CC2(C)C)nc(NN)n1. The fourth-order valence-electron chi connectivity index (χ4n) is 1.60. The molecule has 0 saturated heterocycles. The second-order valence-electron chi connectivity index (χ2n) is 4.75. The molecular weight excluding hydrogens is 190 g/mol. The van der Waals surface area contributed by atoms with Crippen LogP contribution in [-0.4, -0.2) is 16.0 Å². The average molecular weight is 207 g/mol. The van der Waals surface area contributed by atoms with Crippen LogP contribution in [0.1, 0.15) is 26.0 Å². The van der Waals surface area contributed by atoms with Gasteiger partial charge in [0.2, 0.25) is 5.95 Å². The number of hydrazine groups is 1. The normalized spacial score (nSPS) is 22.3. The molecule has 1 saturated carbocycles. The van der Waals surface area contributed by atoms with E-state index in [0.29, 0.717) is 17.4 Å². The second kappa shape index (κ2) is 3.34. The maximum Gasteiger partial charge on any atom is 0.239 e. The summed E-state index contributed by atoms with van der Waals surface area (Å²) in [5.41, 5.74) is 3.75. The van der Waals surface area contributed by atoms with Gasteiger partial charge < -0.3 is 5.32 Å². The van der Waals surface area contributed by atoms with Crippen molar-refractivity contribution in [1.82, 2.24) is 9.97 Å². The standard InChI is InChI=1S/C10H17N5/c1-6-4-8(14-9(12-6)15-11)13-7-5-10(7,2)3/h4,7H,5,11H2,1-3H3,(H2,12,13,14,15). The Morgan fingerprint density at radius 1 is 1.47 bits per heavy atom. The van der Waals surface area contributed by atoms with Crippen LogP contribution >= 0.6 is 0 Å². The van der Waals surface area contributed by atoms with Crippen molar-refractivity contribution in [2.45, 2.75) is 33.2 Å². The number of hydrogen-bond donors (Lipinski definition) is 3. The minimum Gasteiger partial charge on any atom is -0.367 e. The number of nitrogens with zero attached hydrogens (tertiary/aromatic N) is 2. The van der Waals surface area contributed by atoms with E-state index in [-0.39, 0.29) is 0 Å². The molecule has 5 nitrogen and oxygen atoms in total. The van der Waals surface area contributed by atoms with Gasteiger partial charge in [-0.2, -0.15) is 4.98 Å². The molecule has 2 rings (SSSR count). The minimum absolute atomic E-state index is 0.384. The van der Waals surface area contributed by atoms with Gasteiger partial charge in [-0.25, -0.2) is 10.8 Å². The summed E-state index contributed by atoms with van der Waals surface area (Å²) in [6, 6.07) is 2.44. The summed E-state index contributed by atoms with van der Waals surface area (Å²) in [4.78, 5) is 8.37. The van der Waals surface area contributed by atoms with Crippen LogP contribution in [0.25, 0.3) is 0 Å². The number of nitrogens with two attached hydrogens (primary N) is 1. The monoisotopic (exact) mass is 207 g/mol. The van der Waals surface area contributed by atoms with Crippen LogP contribution in [0.3, 0.4) is 0 Å². The zero-order chi connectivity index (χ0) is 11.1. The lowest BCUT2D eigenvalue weighted by atomic mass is 10.2. The van der Waals surface area contributed by atoms with Crippen molar-refractivity contribution in [2.75, 3.05) is 10.7 Å². The predicted molar refractivity (Wildman–Crippen MR) is 60.4 cm³/mol. The molecule has 0 aromatic carbocycles. The van der Waals surface area contributed by atoms with Gasteiger partial charge in [0.05, 0.1) is 0 Å². The molecule has 1 heterocycles. The van der Waals surface area contributed by atoms with Crippen molar-refractivity contribution < 1.29 is 0 Å². The van der Waals surface area contributed by atoms with Crippen molar-refractivity contribution in [3.8, 4) is 0 Å².